The second kappa shape index (κ2) is 4.73. The third-order valence-corrected chi connectivity index (χ3v) is 0.976. The highest BCUT2D eigenvalue weighted by molar-refractivity contribution is 4.61. The first kappa shape index (κ1) is 8.88. The van der Waals surface area contributed by atoms with E-state index in [4.69, 9.17) is 10.2 Å². The first-order valence-electron chi connectivity index (χ1n) is 3.09. The van der Waals surface area contributed by atoms with E-state index in [1.807, 2.05) is 6.92 Å². The summed E-state index contributed by atoms with van der Waals surface area (Å²) in [6.07, 6.45) is -0.500. The van der Waals surface area contributed by atoms with E-state index in [2.05, 4.69) is 12.2 Å². The van der Waals surface area contributed by atoms with E-state index in [9.17, 15) is 0 Å². The molecule has 3 nitrogen and oxygen atoms in total. The Balaban J connectivity index is 3.06. The maximum atomic E-state index is 8.86. The summed E-state index contributed by atoms with van der Waals surface area (Å²) >= 11 is 0. The SMILES string of the molecule is [CH2]C(O)CNC(O)CC. The van der Waals surface area contributed by atoms with E-state index >= 15 is 0 Å². The van der Waals surface area contributed by atoms with Gasteiger partial charge in [-0.3, -0.25) is 5.32 Å². The minimum absolute atomic E-state index is 0.342. The summed E-state index contributed by atoms with van der Waals surface area (Å²) in [7, 11) is 0. The molecular formula is C6H14NO2. The van der Waals surface area contributed by atoms with Crippen molar-refractivity contribution in [2.24, 2.45) is 0 Å². The van der Waals surface area contributed by atoms with E-state index in [1.54, 1.807) is 0 Å². The van der Waals surface area contributed by atoms with Crippen molar-refractivity contribution in [3.63, 3.8) is 0 Å². The molecule has 0 amide bonds. The van der Waals surface area contributed by atoms with E-state index in [1.165, 1.54) is 0 Å². The van der Waals surface area contributed by atoms with Crippen LogP contribution in [0.15, 0.2) is 0 Å². The molecule has 0 aromatic carbocycles. The van der Waals surface area contributed by atoms with Crippen LogP contribution in [0.1, 0.15) is 13.3 Å². The molecule has 0 spiro atoms. The van der Waals surface area contributed by atoms with Crippen molar-refractivity contribution in [2.75, 3.05) is 6.54 Å². The van der Waals surface area contributed by atoms with Crippen LogP contribution in [0.4, 0.5) is 0 Å². The van der Waals surface area contributed by atoms with Crippen LogP contribution in [0.2, 0.25) is 0 Å². The Morgan fingerprint density at radius 3 is 2.44 bits per heavy atom. The molecule has 3 N–H and O–H groups in total. The molecular weight excluding hydrogens is 118 g/mol. The largest absolute Gasteiger partial charge is 0.392 e. The number of rotatable bonds is 4. The van der Waals surface area contributed by atoms with Crippen LogP contribution in [0.25, 0.3) is 0 Å². The molecule has 0 aromatic heterocycles. The number of hydrogen-bond donors (Lipinski definition) is 3. The van der Waals surface area contributed by atoms with Gasteiger partial charge >= 0.3 is 0 Å². The quantitative estimate of drug-likeness (QED) is 0.452. The maximum absolute atomic E-state index is 8.86. The molecule has 0 bridgehead atoms. The molecule has 0 aliphatic heterocycles. The lowest BCUT2D eigenvalue weighted by Crippen LogP contribution is -2.33. The van der Waals surface area contributed by atoms with Crippen LogP contribution in [0.3, 0.4) is 0 Å². The van der Waals surface area contributed by atoms with E-state index in [0.29, 0.717) is 13.0 Å². The summed E-state index contributed by atoms with van der Waals surface area (Å²) in [6, 6.07) is 0. The molecule has 2 atom stereocenters. The summed E-state index contributed by atoms with van der Waals surface area (Å²) in [5, 5.41) is 20.1. The van der Waals surface area contributed by atoms with Gasteiger partial charge in [0.2, 0.25) is 0 Å². The minimum Gasteiger partial charge on any atom is -0.392 e. The van der Waals surface area contributed by atoms with Crippen molar-refractivity contribution in [1.82, 2.24) is 5.32 Å². The van der Waals surface area contributed by atoms with Crippen molar-refractivity contribution in [3.8, 4) is 0 Å². The van der Waals surface area contributed by atoms with Crippen LogP contribution in [-0.2, 0) is 0 Å². The summed E-state index contributed by atoms with van der Waals surface area (Å²) in [5.74, 6) is 0. The number of aliphatic hydroxyl groups excluding tert-OH is 2. The zero-order valence-corrected chi connectivity index (χ0v) is 5.67. The summed E-state index contributed by atoms with van der Waals surface area (Å²) in [4.78, 5) is 0. The van der Waals surface area contributed by atoms with E-state index in [-0.39, 0.29) is 0 Å². The normalized spacial score (nSPS) is 17.3. The molecule has 0 rings (SSSR count). The van der Waals surface area contributed by atoms with Gasteiger partial charge in [0.15, 0.2) is 0 Å². The molecule has 1 radical (unpaired) electrons. The predicted molar refractivity (Wildman–Crippen MR) is 35.7 cm³/mol. The Morgan fingerprint density at radius 1 is 1.56 bits per heavy atom. The third kappa shape index (κ3) is 5.76. The first-order valence-corrected chi connectivity index (χ1v) is 3.09. The van der Waals surface area contributed by atoms with Gasteiger partial charge in [-0.05, 0) is 13.3 Å². The monoisotopic (exact) mass is 132 g/mol. The Kier molecular flexibility index (Phi) is 4.67. The lowest BCUT2D eigenvalue weighted by atomic mass is 10.3. The van der Waals surface area contributed by atoms with E-state index < -0.39 is 12.3 Å². The van der Waals surface area contributed by atoms with Crippen molar-refractivity contribution >= 4 is 0 Å². The highest BCUT2D eigenvalue weighted by atomic mass is 16.3. The molecule has 0 aliphatic rings. The van der Waals surface area contributed by atoms with Crippen LogP contribution < -0.4 is 5.32 Å². The fraction of sp³-hybridized carbons (Fsp3) is 0.833. The van der Waals surface area contributed by atoms with Gasteiger partial charge in [-0.15, -0.1) is 0 Å². The summed E-state index contributed by atoms with van der Waals surface area (Å²) in [5.41, 5.74) is 0. The molecule has 0 saturated heterocycles. The Morgan fingerprint density at radius 2 is 2.11 bits per heavy atom. The smallest absolute Gasteiger partial charge is 0.104 e. The molecule has 0 fully saturated rings. The Labute approximate surface area is 55.7 Å². The van der Waals surface area contributed by atoms with Crippen LogP contribution in [0.5, 0.6) is 0 Å². The van der Waals surface area contributed by atoms with Gasteiger partial charge in [-0.25, -0.2) is 0 Å². The average Bonchev–Trinajstić information content (AvgIpc) is 1.83. The van der Waals surface area contributed by atoms with Crippen molar-refractivity contribution in [3.05, 3.63) is 6.92 Å². The van der Waals surface area contributed by atoms with Gasteiger partial charge < -0.3 is 10.2 Å². The average molecular weight is 132 g/mol. The molecule has 3 heteroatoms. The fourth-order valence-corrected chi connectivity index (χ4v) is 0.416. The second-order valence-corrected chi connectivity index (χ2v) is 1.99. The molecule has 55 valence electrons. The molecule has 0 aliphatic carbocycles. The molecule has 0 heterocycles. The predicted octanol–water partition coefficient (Wildman–Crippen LogP) is -0.501. The topological polar surface area (TPSA) is 52.5 Å². The van der Waals surface area contributed by atoms with Crippen LogP contribution >= 0.6 is 0 Å². The van der Waals surface area contributed by atoms with Crippen LogP contribution in [0, 0.1) is 6.92 Å². The van der Waals surface area contributed by atoms with Gasteiger partial charge in [0.05, 0.1) is 6.10 Å². The van der Waals surface area contributed by atoms with Crippen molar-refractivity contribution in [1.29, 1.82) is 0 Å². The number of nitrogens with one attached hydrogen (secondary N) is 1. The molecule has 0 aromatic rings. The lowest BCUT2D eigenvalue weighted by Gasteiger charge is -2.10. The van der Waals surface area contributed by atoms with Gasteiger partial charge in [0.25, 0.3) is 0 Å². The zero-order chi connectivity index (χ0) is 7.28. The standard InChI is InChI=1S/C6H14NO2/c1-3-6(9)7-4-5(2)8/h5-9H,2-4H2,1H3. The summed E-state index contributed by atoms with van der Waals surface area (Å²) in [6.45, 7) is 5.52. The second-order valence-electron chi connectivity index (χ2n) is 1.99. The van der Waals surface area contributed by atoms with Crippen molar-refractivity contribution in [2.45, 2.75) is 25.7 Å². The van der Waals surface area contributed by atoms with Crippen molar-refractivity contribution < 1.29 is 10.2 Å². The number of hydrogen-bond acceptors (Lipinski definition) is 3. The van der Waals surface area contributed by atoms with Gasteiger partial charge in [0, 0.05) is 6.54 Å². The third-order valence-electron chi connectivity index (χ3n) is 0.976. The maximum Gasteiger partial charge on any atom is 0.104 e. The Bertz CT molecular complexity index is 66.1. The van der Waals surface area contributed by atoms with Gasteiger partial charge in [-0.2, -0.15) is 0 Å². The first-order chi connectivity index (χ1) is 4.16. The molecule has 2 unspecified atom stereocenters. The molecule has 9 heavy (non-hydrogen) atoms. The highest BCUT2D eigenvalue weighted by Gasteiger charge is 1.99. The lowest BCUT2D eigenvalue weighted by molar-refractivity contribution is 0.112. The van der Waals surface area contributed by atoms with Gasteiger partial charge in [0.1, 0.15) is 6.23 Å². The number of aliphatic hydroxyl groups is 2. The van der Waals surface area contributed by atoms with E-state index in [0.717, 1.165) is 0 Å². The minimum atomic E-state index is -0.633. The van der Waals surface area contributed by atoms with Gasteiger partial charge in [-0.1, -0.05) is 6.92 Å². The highest BCUT2D eigenvalue weighted by Crippen LogP contribution is 1.83. The van der Waals surface area contributed by atoms with Crippen LogP contribution in [-0.4, -0.2) is 29.1 Å². The molecule has 0 saturated carbocycles. The summed E-state index contributed by atoms with van der Waals surface area (Å²) < 4.78 is 0. The fourth-order valence-electron chi connectivity index (χ4n) is 0.416. The zero-order valence-electron chi connectivity index (χ0n) is 5.67. The Hall–Kier alpha value is -0.120.